The van der Waals surface area contributed by atoms with Crippen molar-refractivity contribution in [1.82, 2.24) is 20.5 Å². The Kier molecular flexibility index (Phi) is 7.82. The molecule has 1 aromatic heterocycles. The first kappa shape index (κ1) is 20.9. The Balaban J connectivity index is 1.86. The van der Waals surface area contributed by atoms with Crippen LogP contribution in [0, 0.1) is 0 Å². The van der Waals surface area contributed by atoms with Crippen molar-refractivity contribution >= 4 is 35.1 Å². The van der Waals surface area contributed by atoms with Crippen molar-refractivity contribution in [2.24, 2.45) is 12.0 Å². The van der Waals surface area contributed by atoms with Crippen LogP contribution in [0.15, 0.2) is 35.3 Å². The molecule has 0 aliphatic carbocycles. The van der Waals surface area contributed by atoms with Gasteiger partial charge in [-0.25, -0.2) is 4.99 Å². The summed E-state index contributed by atoms with van der Waals surface area (Å²) in [4.78, 5) is 16.5. The summed E-state index contributed by atoms with van der Waals surface area (Å²) < 4.78 is 1.78. The second-order valence-corrected chi connectivity index (χ2v) is 6.49. The monoisotopic (exact) mass is 411 g/mol. The quantitative estimate of drug-likeness (QED) is 0.320. The van der Waals surface area contributed by atoms with Crippen LogP contribution in [0.3, 0.4) is 0 Å². The van der Waals surface area contributed by atoms with E-state index in [1.54, 1.807) is 28.8 Å². The van der Waals surface area contributed by atoms with Gasteiger partial charge in [0.15, 0.2) is 5.96 Å². The molecule has 0 atom stereocenters. The number of amides is 1. The van der Waals surface area contributed by atoms with Crippen LogP contribution in [0.2, 0.25) is 10.2 Å². The van der Waals surface area contributed by atoms with Gasteiger partial charge in [-0.3, -0.25) is 4.79 Å². The molecule has 1 aromatic carbocycles. The number of nitrogens with one attached hydrogen (secondary N) is 3. The smallest absolute Gasteiger partial charge is 0.255 e. The molecule has 27 heavy (non-hydrogen) atoms. The Labute approximate surface area is 168 Å². The van der Waals surface area contributed by atoms with Crippen molar-refractivity contribution in [3.8, 4) is 5.75 Å². The van der Waals surface area contributed by atoms with E-state index in [1.165, 1.54) is 6.07 Å². The molecule has 0 saturated carbocycles. The lowest BCUT2D eigenvalue weighted by molar-refractivity contribution is 0.0951. The summed E-state index contributed by atoms with van der Waals surface area (Å²) in [6.07, 6.45) is 0. The summed E-state index contributed by atoms with van der Waals surface area (Å²) in [6.45, 7) is 3.92. The first-order valence-electron chi connectivity index (χ1n) is 8.52. The van der Waals surface area contributed by atoms with E-state index >= 15 is 0 Å². The summed E-state index contributed by atoms with van der Waals surface area (Å²) in [5.41, 5.74) is 1.13. The maximum Gasteiger partial charge on any atom is 0.255 e. The number of aromatic nitrogens is 1. The minimum absolute atomic E-state index is 0.0438. The Morgan fingerprint density at radius 2 is 1.89 bits per heavy atom. The molecular formula is C18H23Cl2N5O2. The number of hydrogen-bond donors (Lipinski definition) is 4. The highest BCUT2D eigenvalue weighted by atomic mass is 35.5. The molecule has 9 heteroatoms. The summed E-state index contributed by atoms with van der Waals surface area (Å²) >= 11 is 12.1. The number of benzene rings is 1. The van der Waals surface area contributed by atoms with Crippen LogP contribution in [0.5, 0.6) is 5.75 Å². The topological polar surface area (TPSA) is 90.7 Å². The van der Waals surface area contributed by atoms with Crippen LogP contribution in [0.25, 0.3) is 0 Å². The van der Waals surface area contributed by atoms with E-state index in [0.717, 1.165) is 5.69 Å². The van der Waals surface area contributed by atoms with E-state index in [2.05, 4.69) is 20.9 Å². The van der Waals surface area contributed by atoms with E-state index in [0.29, 0.717) is 42.3 Å². The third kappa shape index (κ3) is 5.80. The maximum absolute atomic E-state index is 12.0. The number of rotatable bonds is 7. The Bertz CT molecular complexity index is 820. The molecule has 1 heterocycles. The van der Waals surface area contributed by atoms with Crippen molar-refractivity contribution in [3.05, 3.63) is 51.8 Å². The lowest BCUT2D eigenvalue weighted by atomic mass is 10.2. The van der Waals surface area contributed by atoms with Gasteiger partial charge in [0.25, 0.3) is 5.91 Å². The minimum Gasteiger partial charge on any atom is -0.507 e. The second kappa shape index (κ2) is 10.1. The van der Waals surface area contributed by atoms with E-state index < -0.39 is 0 Å². The number of hydrogen-bond acceptors (Lipinski definition) is 3. The summed E-state index contributed by atoms with van der Waals surface area (Å²) in [5.74, 6) is 0.241. The van der Waals surface area contributed by atoms with Gasteiger partial charge in [-0.1, -0.05) is 35.3 Å². The lowest BCUT2D eigenvalue weighted by Gasteiger charge is -2.12. The fourth-order valence-corrected chi connectivity index (χ4v) is 2.78. The van der Waals surface area contributed by atoms with E-state index in [1.807, 2.05) is 14.0 Å². The van der Waals surface area contributed by atoms with E-state index in [4.69, 9.17) is 23.2 Å². The second-order valence-electron chi connectivity index (χ2n) is 5.73. The van der Waals surface area contributed by atoms with Gasteiger partial charge in [0.1, 0.15) is 10.9 Å². The Morgan fingerprint density at radius 1 is 1.19 bits per heavy atom. The number of phenolic OH excluding ortho intramolecular Hbond substituents is 1. The largest absolute Gasteiger partial charge is 0.507 e. The lowest BCUT2D eigenvalue weighted by Crippen LogP contribution is -2.41. The van der Waals surface area contributed by atoms with Crippen LogP contribution in [-0.2, 0) is 13.6 Å². The van der Waals surface area contributed by atoms with Gasteiger partial charge in [0.05, 0.1) is 17.1 Å². The average Bonchev–Trinajstić information content (AvgIpc) is 2.90. The Hall–Kier alpha value is -2.38. The number of phenols is 1. The number of halogens is 2. The fraction of sp³-hybridized carbons (Fsp3) is 0.333. The highest BCUT2D eigenvalue weighted by Gasteiger charge is 2.10. The number of para-hydroxylation sites is 1. The van der Waals surface area contributed by atoms with Crippen LogP contribution in [-0.4, -0.2) is 41.2 Å². The molecule has 1 amide bonds. The van der Waals surface area contributed by atoms with Crippen molar-refractivity contribution in [2.45, 2.75) is 13.5 Å². The zero-order chi connectivity index (χ0) is 19.8. The highest BCUT2D eigenvalue weighted by Crippen LogP contribution is 2.25. The van der Waals surface area contributed by atoms with Crippen LogP contribution >= 0.6 is 23.2 Å². The average molecular weight is 412 g/mol. The van der Waals surface area contributed by atoms with Crippen LogP contribution in [0.4, 0.5) is 0 Å². The van der Waals surface area contributed by atoms with Gasteiger partial charge in [-0.15, -0.1) is 0 Å². The number of carbonyl (C=O) groups excluding carboxylic acids is 1. The van der Waals surface area contributed by atoms with E-state index in [-0.39, 0.29) is 17.2 Å². The number of aliphatic imine (C=N–C) groups is 1. The molecule has 0 aliphatic heterocycles. The molecule has 0 unspecified atom stereocenters. The number of nitrogens with zero attached hydrogens (tertiary/aromatic N) is 2. The Morgan fingerprint density at radius 3 is 2.52 bits per heavy atom. The standard InChI is InChI=1S/C18H23Cl2N5O2/c1-3-21-18(24-11-12-10-14(19)16(20)25(12)2)23-9-8-22-17(27)13-6-4-5-7-15(13)26/h4-7,10,26H,3,8-9,11H2,1-2H3,(H,22,27)(H2,21,23,24). The molecule has 0 radical (unpaired) electrons. The van der Waals surface area contributed by atoms with Crippen molar-refractivity contribution in [1.29, 1.82) is 0 Å². The molecule has 0 saturated heterocycles. The van der Waals surface area contributed by atoms with Gasteiger partial charge in [0.2, 0.25) is 0 Å². The number of carbonyl (C=O) groups is 1. The summed E-state index contributed by atoms with van der Waals surface area (Å²) in [7, 11) is 1.83. The molecule has 2 rings (SSSR count). The molecular weight excluding hydrogens is 389 g/mol. The van der Waals surface area contributed by atoms with Crippen LogP contribution < -0.4 is 16.0 Å². The number of aromatic hydroxyl groups is 1. The first-order valence-corrected chi connectivity index (χ1v) is 9.27. The fourth-order valence-electron chi connectivity index (χ4n) is 2.36. The minimum atomic E-state index is -0.329. The predicted molar refractivity (Wildman–Crippen MR) is 109 cm³/mol. The predicted octanol–water partition coefficient (Wildman–Crippen LogP) is 2.52. The van der Waals surface area contributed by atoms with Gasteiger partial charge in [-0.2, -0.15) is 0 Å². The van der Waals surface area contributed by atoms with E-state index in [9.17, 15) is 9.90 Å². The maximum atomic E-state index is 12.0. The summed E-state index contributed by atoms with van der Waals surface area (Å²) in [5, 5.41) is 19.7. The van der Waals surface area contributed by atoms with Gasteiger partial charge < -0.3 is 25.6 Å². The molecule has 0 aliphatic rings. The molecule has 146 valence electrons. The first-order chi connectivity index (χ1) is 12.9. The molecule has 4 N–H and O–H groups in total. The SMILES string of the molecule is CCNC(=NCc1cc(Cl)c(Cl)n1C)NCCNC(=O)c1ccccc1O. The molecule has 0 bridgehead atoms. The summed E-state index contributed by atoms with van der Waals surface area (Å²) in [6, 6.07) is 8.19. The van der Waals surface area contributed by atoms with Crippen molar-refractivity contribution < 1.29 is 9.90 Å². The highest BCUT2D eigenvalue weighted by molar-refractivity contribution is 6.41. The third-order valence-corrected chi connectivity index (χ3v) is 4.65. The number of guanidine groups is 1. The van der Waals surface area contributed by atoms with Crippen LogP contribution in [0.1, 0.15) is 23.0 Å². The molecule has 0 spiro atoms. The third-order valence-electron chi connectivity index (χ3n) is 3.81. The van der Waals surface area contributed by atoms with Crippen molar-refractivity contribution in [2.75, 3.05) is 19.6 Å². The molecule has 7 nitrogen and oxygen atoms in total. The molecule has 0 fully saturated rings. The zero-order valence-corrected chi connectivity index (χ0v) is 16.7. The van der Waals surface area contributed by atoms with Gasteiger partial charge >= 0.3 is 0 Å². The van der Waals surface area contributed by atoms with Gasteiger partial charge in [-0.05, 0) is 25.1 Å². The van der Waals surface area contributed by atoms with Crippen molar-refractivity contribution in [3.63, 3.8) is 0 Å². The zero-order valence-electron chi connectivity index (χ0n) is 15.2. The normalized spacial score (nSPS) is 11.3. The molecule has 2 aromatic rings. The van der Waals surface area contributed by atoms with Gasteiger partial charge in [0, 0.05) is 32.4 Å².